The zero-order valence-corrected chi connectivity index (χ0v) is 17.3. The van der Waals surface area contributed by atoms with E-state index in [2.05, 4.69) is 22.8 Å². The third kappa shape index (κ3) is 7.06. The molecule has 2 amide bonds. The van der Waals surface area contributed by atoms with Crippen LogP contribution in [0, 0.1) is 0 Å². The Balaban J connectivity index is 0.000000390. The second-order valence-corrected chi connectivity index (χ2v) is 7.11. The van der Waals surface area contributed by atoms with E-state index in [1.54, 1.807) is 0 Å². The molecule has 0 spiro atoms. The summed E-state index contributed by atoms with van der Waals surface area (Å²) < 4.78 is 0. The predicted molar refractivity (Wildman–Crippen MR) is 117 cm³/mol. The first-order chi connectivity index (χ1) is 15.3. The van der Waals surface area contributed by atoms with Gasteiger partial charge in [-0.2, -0.15) is 0 Å². The SMILES string of the molecule is NCC(=O)NCC(=O)NC1(c2ccccc2)Cc2ccccc2C1.O=C(O)/C=C/C(=O)O. The van der Waals surface area contributed by atoms with E-state index in [0.717, 1.165) is 18.4 Å². The summed E-state index contributed by atoms with van der Waals surface area (Å²) in [6.07, 6.45) is 2.60. The van der Waals surface area contributed by atoms with Gasteiger partial charge in [0.15, 0.2) is 0 Å². The normalized spacial score (nSPS) is 13.4. The van der Waals surface area contributed by atoms with Crippen LogP contribution in [0.4, 0.5) is 0 Å². The van der Waals surface area contributed by atoms with E-state index in [4.69, 9.17) is 15.9 Å². The molecule has 0 aliphatic heterocycles. The highest BCUT2D eigenvalue weighted by atomic mass is 16.4. The predicted octanol–water partition coefficient (Wildman–Crippen LogP) is 0.584. The van der Waals surface area contributed by atoms with Gasteiger partial charge in [0.05, 0.1) is 18.6 Å². The fourth-order valence-electron chi connectivity index (χ4n) is 3.44. The van der Waals surface area contributed by atoms with Crippen molar-refractivity contribution in [2.24, 2.45) is 5.73 Å². The maximum absolute atomic E-state index is 12.4. The molecule has 3 rings (SSSR count). The lowest BCUT2D eigenvalue weighted by molar-refractivity contribution is -0.134. The van der Waals surface area contributed by atoms with Crippen molar-refractivity contribution < 1.29 is 29.4 Å². The maximum atomic E-state index is 12.4. The molecule has 0 fully saturated rings. The van der Waals surface area contributed by atoms with Gasteiger partial charge in [0.2, 0.25) is 11.8 Å². The van der Waals surface area contributed by atoms with Crippen LogP contribution in [0.3, 0.4) is 0 Å². The minimum atomic E-state index is -1.26. The third-order valence-electron chi connectivity index (χ3n) is 4.81. The van der Waals surface area contributed by atoms with E-state index < -0.39 is 17.5 Å². The number of aliphatic carboxylic acids is 2. The van der Waals surface area contributed by atoms with Crippen molar-refractivity contribution >= 4 is 23.8 Å². The quantitative estimate of drug-likeness (QED) is 0.395. The van der Waals surface area contributed by atoms with Gasteiger partial charge in [-0.15, -0.1) is 0 Å². The summed E-state index contributed by atoms with van der Waals surface area (Å²) in [7, 11) is 0. The number of carboxylic acid groups (broad SMARTS) is 2. The molecule has 0 radical (unpaired) electrons. The minimum Gasteiger partial charge on any atom is -0.478 e. The monoisotopic (exact) mass is 439 g/mol. The molecule has 1 aliphatic rings. The smallest absolute Gasteiger partial charge is 0.328 e. The van der Waals surface area contributed by atoms with E-state index in [-0.39, 0.29) is 24.9 Å². The lowest BCUT2D eigenvalue weighted by Crippen LogP contribution is -2.50. The molecule has 0 saturated heterocycles. The molecule has 0 atom stereocenters. The standard InChI is InChI=1S/C19H21N3O2.C4H4O4/c20-12-17(23)21-13-18(24)22-19(16-8-2-1-3-9-16)10-14-6-4-5-7-15(14)11-19;5-3(6)1-2-4(7)8/h1-9H,10-13,20H2,(H,21,23)(H,22,24);1-2H,(H,5,6)(H,7,8)/b;2-1+. The van der Waals surface area contributed by atoms with E-state index in [9.17, 15) is 19.2 Å². The molecule has 9 heteroatoms. The van der Waals surface area contributed by atoms with E-state index in [1.807, 2.05) is 42.5 Å². The van der Waals surface area contributed by atoms with Crippen LogP contribution < -0.4 is 16.4 Å². The molecule has 1 aliphatic carbocycles. The van der Waals surface area contributed by atoms with Gasteiger partial charge in [0.1, 0.15) is 0 Å². The first-order valence-corrected chi connectivity index (χ1v) is 9.80. The molecule has 2 aromatic carbocycles. The largest absolute Gasteiger partial charge is 0.478 e. The molecule has 0 unspecified atom stereocenters. The lowest BCUT2D eigenvalue weighted by Gasteiger charge is -2.31. The average Bonchev–Trinajstić information content (AvgIpc) is 3.16. The molecule has 0 aromatic heterocycles. The molecular weight excluding hydrogens is 414 g/mol. The van der Waals surface area contributed by atoms with Crippen molar-refractivity contribution in [1.29, 1.82) is 0 Å². The molecular formula is C23H25N3O6. The highest BCUT2D eigenvalue weighted by Gasteiger charge is 2.39. The Hall–Kier alpha value is -3.98. The van der Waals surface area contributed by atoms with Gasteiger partial charge in [0, 0.05) is 25.0 Å². The summed E-state index contributed by atoms with van der Waals surface area (Å²) in [4.78, 5) is 42.8. The van der Waals surface area contributed by atoms with Crippen LogP contribution in [0.5, 0.6) is 0 Å². The van der Waals surface area contributed by atoms with Crippen molar-refractivity contribution in [2.45, 2.75) is 18.4 Å². The summed E-state index contributed by atoms with van der Waals surface area (Å²) in [5.41, 5.74) is 8.33. The van der Waals surface area contributed by atoms with Crippen LogP contribution >= 0.6 is 0 Å². The number of carbonyl (C=O) groups is 4. The van der Waals surface area contributed by atoms with Gasteiger partial charge in [0.25, 0.3) is 0 Å². The molecule has 9 nitrogen and oxygen atoms in total. The second-order valence-electron chi connectivity index (χ2n) is 7.11. The van der Waals surface area contributed by atoms with Crippen LogP contribution in [0.1, 0.15) is 16.7 Å². The van der Waals surface area contributed by atoms with Gasteiger partial charge in [-0.05, 0) is 16.7 Å². The zero-order chi connectivity index (χ0) is 23.6. The Kier molecular flexibility index (Phi) is 8.67. The Morgan fingerprint density at radius 2 is 1.34 bits per heavy atom. The fourth-order valence-corrected chi connectivity index (χ4v) is 3.44. The summed E-state index contributed by atoms with van der Waals surface area (Å²) >= 11 is 0. The molecule has 0 heterocycles. The maximum Gasteiger partial charge on any atom is 0.328 e. The number of benzene rings is 2. The van der Waals surface area contributed by atoms with Gasteiger partial charge < -0.3 is 26.6 Å². The number of carboxylic acids is 2. The number of nitrogens with one attached hydrogen (secondary N) is 2. The Morgan fingerprint density at radius 3 is 1.81 bits per heavy atom. The zero-order valence-electron chi connectivity index (χ0n) is 17.3. The first-order valence-electron chi connectivity index (χ1n) is 9.80. The van der Waals surface area contributed by atoms with Crippen molar-refractivity contribution in [2.75, 3.05) is 13.1 Å². The van der Waals surface area contributed by atoms with Crippen LogP contribution in [-0.2, 0) is 37.6 Å². The third-order valence-corrected chi connectivity index (χ3v) is 4.81. The second kappa shape index (κ2) is 11.4. The number of hydrogen-bond acceptors (Lipinski definition) is 5. The summed E-state index contributed by atoms with van der Waals surface area (Å²) in [6.45, 7) is -0.191. The fraction of sp³-hybridized carbons (Fsp3) is 0.217. The number of fused-ring (bicyclic) bond motifs is 1. The molecule has 2 aromatic rings. The number of hydrogen-bond donors (Lipinski definition) is 5. The van der Waals surface area contributed by atoms with Crippen LogP contribution in [0.15, 0.2) is 66.7 Å². The van der Waals surface area contributed by atoms with Crippen LogP contribution in [0.25, 0.3) is 0 Å². The van der Waals surface area contributed by atoms with Crippen molar-refractivity contribution in [1.82, 2.24) is 10.6 Å². The van der Waals surface area contributed by atoms with E-state index in [0.29, 0.717) is 12.2 Å². The van der Waals surface area contributed by atoms with Gasteiger partial charge >= 0.3 is 11.9 Å². The lowest BCUT2D eigenvalue weighted by atomic mass is 9.86. The molecule has 0 bridgehead atoms. The van der Waals surface area contributed by atoms with Gasteiger partial charge in [-0.3, -0.25) is 9.59 Å². The van der Waals surface area contributed by atoms with Crippen molar-refractivity contribution in [3.05, 3.63) is 83.4 Å². The summed E-state index contributed by atoms with van der Waals surface area (Å²) in [5.74, 6) is -3.07. The van der Waals surface area contributed by atoms with Crippen molar-refractivity contribution in [3.8, 4) is 0 Å². The number of nitrogens with two attached hydrogens (primary N) is 1. The van der Waals surface area contributed by atoms with Gasteiger partial charge in [-0.25, -0.2) is 9.59 Å². The Morgan fingerprint density at radius 1 is 0.844 bits per heavy atom. The summed E-state index contributed by atoms with van der Waals surface area (Å²) in [5, 5.41) is 21.3. The average molecular weight is 439 g/mol. The number of carbonyl (C=O) groups excluding carboxylic acids is 2. The van der Waals surface area contributed by atoms with Crippen LogP contribution in [-0.4, -0.2) is 47.1 Å². The van der Waals surface area contributed by atoms with E-state index >= 15 is 0 Å². The minimum absolute atomic E-state index is 0.0685. The Labute approximate surface area is 184 Å². The summed E-state index contributed by atoms with van der Waals surface area (Å²) in [6, 6.07) is 18.2. The van der Waals surface area contributed by atoms with E-state index in [1.165, 1.54) is 11.1 Å². The molecule has 32 heavy (non-hydrogen) atoms. The number of rotatable bonds is 7. The topological polar surface area (TPSA) is 159 Å². The molecule has 168 valence electrons. The number of amides is 2. The molecule has 6 N–H and O–H groups in total. The van der Waals surface area contributed by atoms with Gasteiger partial charge in [-0.1, -0.05) is 54.6 Å². The molecule has 0 saturated carbocycles. The first kappa shape index (κ1) is 24.3. The highest BCUT2D eigenvalue weighted by molar-refractivity contribution is 5.89. The Bertz CT molecular complexity index is 963. The van der Waals surface area contributed by atoms with Crippen LogP contribution in [0.2, 0.25) is 0 Å². The highest BCUT2D eigenvalue weighted by Crippen LogP contribution is 2.37. The van der Waals surface area contributed by atoms with Crippen molar-refractivity contribution in [3.63, 3.8) is 0 Å².